The summed E-state index contributed by atoms with van der Waals surface area (Å²) in [5.74, 6) is 0. The van der Waals surface area contributed by atoms with Crippen LogP contribution in [0, 0.1) is 0 Å². The maximum absolute atomic E-state index is 11.3. The van der Waals surface area contributed by atoms with Gasteiger partial charge in [0.15, 0.2) is 0 Å². The number of rotatable bonds is 0. The SMILES string of the molecule is C[Si]1(O)O[Si](C)(C)c2ccc(cc2)[Si](C)(C)O[Si](C)(O)O[Si](C)(C)c2ccc(cc2)[Si](C)(C)O1. The molecule has 0 amide bonds. The van der Waals surface area contributed by atoms with Crippen LogP contribution in [0.1, 0.15) is 0 Å². The average Bonchev–Trinajstić information content (AvgIpc) is 2.64. The van der Waals surface area contributed by atoms with Crippen molar-refractivity contribution >= 4 is 71.6 Å². The molecule has 0 spiro atoms. The monoisotopic (exact) mass is 568 g/mol. The normalized spacial score (nSPS) is 30.5. The van der Waals surface area contributed by atoms with Crippen molar-refractivity contribution in [3.63, 3.8) is 0 Å². The first-order valence-electron chi connectivity index (χ1n) is 11.7. The molecule has 4 bridgehead atoms. The minimum absolute atomic E-state index is 1.08. The van der Waals surface area contributed by atoms with E-state index in [2.05, 4.69) is 101 Å². The van der Waals surface area contributed by atoms with Gasteiger partial charge in [0.1, 0.15) is 0 Å². The summed E-state index contributed by atoms with van der Waals surface area (Å²) in [6.45, 7) is 20.2. The maximum Gasteiger partial charge on any atom is 0.474 e. The van der Waals surface area contributed by atoms with Crippen molar-refractivity contribution in [1.82, 2.24) is 0 Å². The quantitative estimate of drug-likeness (QED) is 0.475. The molecular weight excluding hydrogens is 529 g/mol. The third kappa shape index (κ3) is 6.43. The van der Waals surface area contributed by atoms with Crippen LogP contribution in [-0.4, -0.2) is 60.5 Å². The van der Waals surface area contributed by atoms with Crippen LogP contribution >= 0.6 is 0 Å². The van der Waals surface area contributed by atoms with E-state index < -0.39 is 50.9 Å². The standard InChI is InChI=1S/C22H40O6Si6/c1-29(2)19-11-13-20(14-12-19)31(5,6)27-34(10,24)28-32(7,8)22-17-15-21(16-18-22)30(3,4)26-33(9,23)25-29/h11-18,23-24H,1-10H3. The molecular formula is C22H40O6Si6. The Balaban J connectivity index is 2.11. The minimum atomic E-state index is -3.39. The Morgan fingerprint density at radius 1 is 0.382 bits per heavy atom. The fourth-order valence-electron chi connectivity index (χ4n) is 4.72. The zero-order valence-corrected chi connectivity index (χ0v) is 28.1. The summed E-state index contributed by atoms with van der Waals surface area (Å²) < 4.78 is 25.7. The molecule has 0 aliphatic carbocycles. The highest BCUT2D eigenvalue weighted by Crippen LogP contribution is 2.22. The van der Waals surface area contributed by atoms with Crippen LogP contribution in [0.3, 0.4) is 0 Å². The molecule has 0 fully saturated rings. The summed E-state index contributed by atoms with van der Waals surface area (Å²) in [6.07, 6.45) is 0. The molecule has 0 aromatic heterocycles. The third-order valence-electron chi connectivity index (χ3n) is 6.33. The highest BCUT2D eigenvalue weighted by molar-refractivity contribution is 6.96. The van der Waals surface area contributed by atoms with E-state index in [1.807, 2.05) is 0 Å². The van der Waals surface area contributed by atoms with E-state index in [1.54, 1.807) is 13.1 Å². The number of hydrogen-bond donors (Lipinski definition) is 2. The Kier molecular flexibility index (Phi) is 7.52. The topological polar surface area (TPSA) is 77.4 Å². The smallest absolute Gasteiger partial charge is 0.412 e. The maximum atomic E-state index is 11.3. The van der Waals surface area contributed by atoms with Gasteiger partial charge in [0.05, 0.1) is 0 Å². The van der Waals surface area contributed by atoms with Gasteiger partial charge in [-0.3, -0.25) is 0 Å². The van der Waals surface area contributed by atoms with Crippen molar-refractivity contribution in [3.05, 3.63) is 48.5 Å². The minimum Gasteiger partial charge on any atom is -0.412 e. The van der Waals surface area contributed by atoms with E-state index in [0.717, 1.165) is 20.7 Å². The molecule has 4 aliphatic rings. The predicted octanol–water partition coefficient (Wildman–Crippen LogP) is 2.24. The lowest BCUT2D eigenvalue weighted by atomic mass is 10.4. The van der Waals surface area contributed by atoms with E-state index in [4.69, 9.17) is 16.5 Å². The molecule has 2 N–H and O–H groups in total. The van der Waals surface area contributed by atoms with E-state index in [-0.39, 0.29) is 0 Å². The van der Waals surface area contributed by atoms with Gasteiger partial charge in [0, 0.05) is 13.1 Å². The van der Waals surface area contributed by atoms with Crippen LogP contribution in [-0.2, 0) is 16.5 Å². The first kappa shape index (κ1) is 28.1. The molecule has 34 heavy (non-hydrogen) atoms. The zero-order valence-electron chi connectivity index (χ0n) is 22.1. The van der Waals surface area contributed by atoms with Gasteiger partial charge in [0.2, 0.25) is 33.3 Å². The molecule has 4 heterocycles. The second-order valence-corrected chi connectivity index (χ2v) is 32.6. The van der Waals surface area contributed by atoms with Gasteiger partial charge in [-0.15, -0.1) is 0 Å². The molecule has 0 radical (unpaired) electrons. The molecule has 2 aromatic carbocycles. The summed E-state index contributed by atoms with van der Waals surface area (Å²) in [6, 6.07) is 16.6. The molecule has 6 nitrogen and oxygen atoms in total. The van der Waals surface area contributed by atoms with Crippen LogP contribution in [0.15, 0.2) is 48.5 Å². The lowest BCUT2D eigenvalue weighted by Crippen LogP contribution is -2.63. The van der Waals surface area contributed by atoms with Crippen molar-refractivity contribution in [2.45, 2.75) is 65.5 Å². The van der Waals surface area contributed by atoms with Gasteiger partial charge in [-0.2, -0.15) is 0 Å². The molecule has 4 aliphatic heterocycles. The highest BCUT2D eigenvalue weighted by atomic mass is 28.5. The van der Waals surface area contributed by atoms with E-state index in [0.29, 0.717) is 0 Å². The average molecular weight is 569 g/mol. The molecule has 12 heteroatoms. The summed E-state index contributed by atoms with van der Waals surface area (Å²) in [5, 5.41) is 4.32. The van der Waals surface area contributed by atoms with Crippen LogP contribution in [0.2, 0.25) is 65.5 Å². The Labute approximate surface area is 211 Å². The van der Waals surface area contributed by atoms with Crippen molar-refractivity contribution in [2.75, 3.05) is 0 Å². The number of benzene rings is 2. The molecule has 0 atom stereocenters. The lowest BCUT2D eigenvalue weighted by molar-refractivity contribution is 0.256. The molecule has 0 unspecified atom stereocenters. The van der Waals surface area contributed by atoms with Gasteiger partial charge in [-0.05, 0) is 73.1 Å². The van der Waals surface area contributed by atoms with Gasteiger partial charge >= 0.3 is 17.6 Å². The van der Waals surface area contributed by atoms with Crippen molar-refractivity contribution in [2.24, 2.45) is 0 Å². The van der Waals surface area contributed by atoms with Crippen LogP contribution in [0.5, 0.6) is 0 Å². The van der Waals surface area contributed by atoms with Crippen molar-refractivity contribution in [3.8, 4) is 0 Å². The highest BCUT2D eigenvalue weighted by Gasteiger charge is 2.47. The predicted molar refractivity (Wildman–Crippen MR) is 153 cm³/mol. The molecule has 0 saturated heterocycles. The summed E-state index contributed by atoms with van der Waals surface area (Å²) >= 11 is 0. The second kappa shape index (κ2) is 9.11. The second-order valence-electron chi connectivity index (χ2n) is 11.4. The fraction of sp³-hybridized carbons (Fsp3) is 0.455. The van der Waals surface area contributed by atoms with Gasteiger partial charge < -0.3 is 26.1 Å². The number of hydrogen-bond acceptors (Lipinski definition) is 6. The van der Waals surface area contributed by atoms with E-state index in [1.165, 1.54) is 0 Å². The Morgan fingerprint density at radius 2 is 0.529 bits per heavy atom. The van der Waals surface area contributed by atoms with Crippen molar-refractivity contribution < 1.29 is 26.1 Å². The van der Waals surface area contributed by atoms with E-state index in [9.17, 15) is 9.59 Å². The first-order chi connectivity index (χ1) is 15.2. The van der Waals surface area contributed by atoms with Gasteiger partial charge in [0.25, 0.3) is 0 Å². The Bertz CT molecular complexity index is 858. The molecule has 188 valence electrons. The largest absolute Gasteiger partial charge is 0.474 e. The lowest BCUT2D eigenvalue weighted by Gasteiger charge is -2.38. The fourth-order valence-corrected chi connectivity index (χ4v) is 26.7. The zero-order chi connectivity index (χ0) is 25.8. The van der Waals surface area contributed by atoms with Gasteiger partial charge in [-0.25, -0.2) is 0 Å². The molecule has 6 rings (SSSR count). The summed E-state index contributed by atoms with van der Waals surface area (Å²) in [4.78, 5) is 22.6. The Morgan fingerprint density at radius 3 is 0.676 bits per heavy atom. The molecule has 0 saturated carbocycles. The van der Waals surface area contributed by atoms with Crippen LogP contribution in [0.4, 0.5) is 0 Å². The van der Waals surface area contributed by atoms with Crippen LogP contribution in [0.25, 0.3) is 0 Å². The van der Waals surface area contributed by atoms with Gasteiger partial charge in [-0.1, -0.05) is 48.5 Å². The Hall–Kier alpha value is -0.499. The first-order valence-corrected chi connectivity index (χ1v) is 27.9. The van der Waals surface area contributed by atoms with Crippen molar-refractivity contribution in [1.29, 1.82) is 0 Å². The molecule has 2 aromatic rings. The summed E-state index contributed by atoms with van der Waals surface area (Å²) in [7, 11) is -16.5. The summed E-state index contributed by atoms with van der Waals surface area (Å²) in [5.41, 5.74) is 0. The third-order valence-corrected chi connectivity index (χ3v) is 27.4. The van der Waals surface area contributed by atoms with Crippen LogP contribution < -0.4 is 20.7 Å². The van der Waals surface area contributed by atoms with E-state index >= 15 is 0 Å².